The Hall–Kier alpha value is -0.900. The summed E-state index contributed by atoms with van der Waals surface area (Å²) in [6.07, 6.45) is 0.0896. The van der Waals surface area contributed by atoms with Gasteiger partial charge in [0.15, 0.2) is 0 Å². The van der Waals surface area contributed by atoms with E-state index in [-0.39, 0.29) is 19.3 Å². The van der Waals surface area contributed by atoms with Crippen LogP contribution < -0.4 is 5.73 Å². The molecular formula is C12H19NO2. The molecule has 0 amide bonds. The third-order valence-electron chi connectivity index (χ3n) is 2.30. The standard InChI is InChI=1S/C12H19NO2/c1-10(2)15-9-12(14,8-13)11-6-4-3-5-7-11/h3-7,10,14H,8-9,13H2,1-2H3. The third kappa shape index (κ3) is 3.30. The van der Waals surface area contributed by atoms with Gasteiger partial charge in [-0.2, -0.15) is 0 Å². The van der Waals surface area contributed by atoms with E-state index in [0.29, 0.717) is 0 Å². The molecule has 0 aliphatic heterocycles. The Bertz CT molecular complexity index is 287. The smallest absolute Gasteiger partial charge is 0.125 e. The molecule has 0 heterocycles. The number of aliphatic hydroxyl groups is 1. The molecule has 0 bridgehead atoms. The molecule has 0 fully saturated rings. The summed E-state index contributed by atoms with van der Waals surface area (Å²) in [7, 11) is 0. The van der Waals surface area contributed by atoms with Crippen LogP contribution in [0.2, 0.25) is 0 Å². The molecule has 0 saturated heterocycles. The lowest BCUT2D eigenvalue weighted by atomic mass is 9.95. The van der Waals surface area contributed by atoms with Crippen LogP contribution in [0.15, 0.2) is 30.3 Å². The Morgan fingerprint density at radius 2 is 1.93 bits per heavy atom. The van der Waals surface area contributed by atoms with Crippen LogP contribution in [0.4, 0.5) is 0 Å². The summed E-state index contributed by atoms with van der Waals surface area (Å²) >= 11 is 0. The molecule has 3 nitrogen and oxygen atoms in total. The van der Waals surface area contributed by atoms with Gasteiger partial charge in [0.05, 0.1) is 12.7 Å². The highest BCUT2D eigenvalue weighted by Crippen LogP contribution is 2.20. The maximum absolute atomic E-state index is 10.3. The van der Waals surface area contributed by atoms with Crippen LogP contribution in [0, 0.1) is 0 Å². The van der Waals surface area contributed by atoms with Crippen molar-refractivity contribution in [2.24, 2.45) is 5.73 Å². The number of hydrogen-bond donors (Lipinski definition) is 2. The van der Waals surface area contributed by atoms with Gasteiger partial charge in [0.25, 0.3) is 0 Å². The summed E-state index contributed by atoms with van der Waals surface area (Å²) < 4.78 is 5.42. The maximum Gasteiger partial charge on any atom is 0.125 e. The molecule has 1 aromatic carbocycles. The highest BCUT2D eigenvalue weighted by molar-refractivity contribution is 5.22. The van der Waals surface area contributed by atoms with E-state index < -0.39 is 5.60 Å². The van der Waals surface area contributed by atoms with Gasteiger partial charge < -0.3 is 15.6 Å². The highest BCUT2D eigenvalue weighted by Gasteiger charge is 2.28. The van der Waals surface area contributed by atoms with Gasteiger partial charge in [-0.1, -0.05) is 30.3 Å². The van der Waals surface area contributed by atoms with E-state index in [9.17, 15) is 5.11 Å². The van der Waals surface area contributed by atoms with E-state index in [1.165, 1.54) is 0 Å². The van der Waals surface area contributed by atoms with Gasteiger partial charge >= 0.3 is 0 Å². The average molecular weight is 209 g/mol. The largest absolute Gasteiger partial charge is 0.381 e. The molecule has 0 aliphatic carbocycles. The summed E-state index contributed by atoms with van der Waals surface area (Å²) in [6, 6.07) is 9.38. The van der Waals surface area contributed by atoms with Crippen LogP contribution in [-0.2, 0) is 10.3 Å². The predicted molar refractivity (Wildman–Crippen MR) is 60.5 cm³/mol. The lowest BCUT2D eigenvalue weighted by Gasteiger charge is -2.27. The van der Waals surface area contributed by atoms with Gasteiger partial charge in [-0.05, 0) is 19.4 Å². The first-order valence-electron chi connectivity index (χ1n) is 5.18. The molecule has 1 atom stereocenters. The van der Waals surface area contributed by atoms with Crippen LogP contribution in [0.3, 0.4) is 0 Å². The molecule has 0 aromatic heterocycles. The van der Waals surface area contributed by atoms with Crippen molar-refractivity contribution in [1.82, 2.24) is 0 Å². The number of nitrogens with two attached hydrogens (primary N) is 1. The van der Waals surface area contributed by atoms with Gasteiger partial charge in [0, 0.05) is 6.54 Å². The SMILES string of the molecule is CC(C)OCC(O)(CN)c1ccccc1. The molecular weight excluding hydrogens is 190 g/mol. The summed E-state index contributed by atoms with van der Waals surface area (Å²) in [5.74, 6) is 0. The molecule has 1 unspecified atom stereocenters. The van der Waals surface area contributed by atoms with E-state index >= 15 is 0 Å². The number of ether oxygens (including phenoxy) is 1. The molecule has 1 rings (SSSR count). The van der Waals surface area contributed by atoms with Gasteiger partial charge in [0.2, 0.25) is 0 Å². The number of benzene rings is 1. The van der Waals surface area contributed by atoms with E-state index in [1.54, 1.807) is 0 Å². The number of hydrogen-bond acceptors (Lipinski definition) is 3. The lowest BCUT2D eigenvalue weighted by Crippen LogP contribution is -2.40. The molecule has 0 saturated carbocycles. The molecule has 0 radical (unpaired) electrons. The summed E-state index contributed by atoms with van der Waals surface area (Å²) in [5, 5.41) is 10.3. The average Bonchev–Trinajstić information content (AvgIpc) is 2.27. The predicted octanol–water partition coefficient (Wildman–Crippen LogP) is 1.26. The Morgan fingerprint density at radius 3 is 2.40 bits per heavy atom. The molecule has 3 heteroatoms. The van der Waals surface area contributed by atoms with Crippen LogP contribution in [0.25, 0.3) is 0 Å². The first-order chi connectivity index (χ1) is 7.08. The Labute approximate surface area is 90.9 Å². The van der Waals surface area contributed by atoms with E-state index in [0.717, 1.165) is 5.56 Å². The minimum absolute atomic E-state index is 0.0896. The van der Waals surface area contributed by atoms with Crippen LogP contribution in [0.1, 0.15) is 19.4 Å². The van der Waals surface area contributed by atoms with Crippen LogP contribution >= 0.6 is 0 Å². The summed E-state index contributed by atoms with van der Waals surface area (Å²) in [4.78, 5) is 0. The van der Waals surface area contributed by atoms with Crippen molar-refractivity contribution < 1.29 is 9.84 Å². The summed E-state index contributed by atoms with van der Waals surface area (Å²) in [5.41, 5.74) is 5.32. The Balaban J connectivity index is 2.76. The molecule has 0 aliphatic rings. The first kappa shape index (κ1) is 12.2. The minimum Gasteiger partial charge on any atom is -0.381 e. The van der Waals surface area contributed by atoms with E-state index in [1.807, 2.05) is 44.2 Å². The van der Waals surface area contributed by atoms with Crippen molar-refractivity contribution in [3.63, 3.8) is 0 Å². The van der Waals surface area contributed by atoms with Crippen molar-refractivity contribution in [2.75, 3.05) is 13.2 Å². The fourth-order valence-corrected chi connectivity index (χ4v) is 1.31. The second-order valence-corrected chi connectivity index (χ2v) is 3.96. The topological polar surface area (TPSA) is 55.5 Å². The third-order valence-corrected chi connectivity index (χ3v) is 2.30. The van der Waals surface area contributed by atoms with Crippen LogP contribution in [-0.4, -0.2) is 24.4 Å². The molecule has 1 aromatic rings. The van der Waals surface area contributed by atoms with Gasteiger partial charge in [0.1, 0.15) is 5.60 Å². The second kappa shape index (κ2) is 5.26. The second-order valence-electron chi connectivity index (χ2n) is 3.96. The first-order valence-corrected chi connectivity index (χ1v) is 5.18. The normalized spacial score (nSPS) is 15.3. The Morgan fingerprint density at radius 1 is 1.33 bits per heavy atom. The molecule has 0 spiro atoms. The van der Waals surface area contributed by atoms with Gasteiger partial charge in [-0.15, -0.1) is 0 Å². The van der Waals surface area contributed by atoms with Crippen molar-refractivity contribution in [1.29, 1.82) is 0 Å². The van der Waals surface area contributed by atoms with Crippen molar-refractivity contribution >= 4 is 0 Å². The number of rotatable bonds is 5. The molecule has 15 heavy (non-hydrogen) atoms. The lowest BCUT2D eigenvalue weighted by molar-refractivity contribution is -0.0632. The van der Waals surface area contributed by atoms with E-state index in [2.05, 4.69) is 0 Å². The van der Waals surface area contributed by atoms with Gasteiger partial charge in [-0.3, -0.25) is 0 Å². The highest BCUT2D eigenvalue weighted by atomic mass is 16.5. The quantitative estimate of drug-likeness (QED) is 0.767. The molecule has 3 N–H and O–H groups in total. The van der Waals surface area contributed by atoms with Crippen LogP contribution in [0.5, 0.6) is 0 Å². The van der Waals surface area contributed by atoms with Gasteiger partial charge in [-0.25, -0.2) is 0 Å². The zero-order chi connectivity index (χ0) is 11.3. The van der Waals surface area contributed by atoms with Crippen molar-refractivity contribution in [2.45, 2.75) is 25.6 Å². The maximum atomic E-state index is 10.3. The zero-order valence-electron chi connectivity index (χ0n) is 9.31. The summed E-state index contributed by atoms with van der Waals surface area (Å²) in [6.45, 7) is 4.25. The zero-order valence-corrected chi connectivity index (χ0v) is 9.31. The van der Waals surface area contributed by atoms with E-state index in [4.69, 9.17) is 10.5 Å². The Kier molecular flexibility index (Phi) is 4.27. The fourth-order valence-electron chi connectivity index (χ4n) is 1.31. The van der Waals surface area contributed by atoms with Crippen molar-refractivity contribution in [3.8, 4) is 0 Å². The monoisotopic (exact) mass is 209 g/mol. The molecule has 84 valence electrons. The fraction of sp³-hybridized carbons (Fsp3) is 0.500. The minimum atomic E-state index is -1.08. The van der Waals surface area contributed by atoms with Crippen molar-refractivity contribution in [3.05, 3.63) is 35.9 Å².